The summed E-state index contributed by atoms with van der Waals surface area (Å²) in [5.41, 5.74) is 5.95. The van der Waals surface area contributed by atoms with Crippen molar-refractivity contribution in [1.29, 1.82) is 0 Å². The van der Waals surface area contributed by atoms with Crippen molar-refractivity contribution < 1.29 is 34.6 Å². The van der Waals surface area contributed by atoms with Crippen LogP contribution in [0, 0.1) is 12.1 Å². The van der Waals surface area contributed by atoms with Gasteiger partial charge in [0.05, 0.1) is 16.9 Å². The van der Waals surface area contributed by atoms with Crippen molar-refractivity contribution in [3.63, 3.8) is 0 Å². The average molecular weight is 792 g/mol. The Morgan fingerprint density at radius 3 is 2.09 bits per heavy atom. The Morgan fingerprint density at radius 2 is 1.38 bits per heavy atom. The van der Waals surface area contributed by atoms with Gasteiger partial charge in [0.1, 0.15) is 17.0 Å². The molecule has 9 aromatic rings. The first-order chi connectivity index (χ1) is 22.7. The first kappa shape index (κ1) is 28.8. The first-order valence-corrected chi connectivity index (χ1v) is 14.9. The summed E-state index contributed by atoms with van der Waals surface area (Å²) in [6.07, 6.45) is 3.68. The van der Waals surface area contributed by atoms with E-state index in [1.807, 2.05) is 116 Å². The second kappa shape index (κ2) is 11.6. The summed E-state index contributed by atoms with van der Waals surface area (Å²) < 4.78 is 21.3. The number of fused-ring (bicyclic) bond motifs is 6. The molecule has 0 unspecified atom stereocenters. The molecule has 5 aromatic carbocycles. The molecule has 0 fully saturated rings. The maximum atomic E-state index is 6.75. The van der Waals surface area contributed by atoms with E-state index in [-0.39, 0.29) is 21.1 Å². The quantitative estimate of drug-likeness (QED) is 0.156. The van der Waals surface area contributed by atoms with Crippen LogP contribution < -0.4 is 9.64 Å². The Bertz CT molecular complexity index is 2500. The smallest absolute Gasteiger partial charge is 0.512 e. The minimum absolute atomic E-state index is 0. The molecule has 47 heavy (non-hydrogen) atoms. The Hall–Kier alpha value is -5.65. The van der Waals surface area contributed by atoms with Gasteiger partial charge in [0.2, 0.25) is 0 Å². The van der Waals surface area contributed by atoms with Gasteiger partial charge < -0.3 is 18.5 Å². The summed E-state index contributed by atoms with van der Waals surface area (Å²) in [6, 6.07) is 44.9. The molecule has 0 N–H and O–H groups in total. The maximum Gasteiger partial charge on any atom is 2.00 e. The van der Waals surface area contributed by atoms with Crippen molar-refractivity contribution in [1.82, 2.24) is 14.8 Å². The number of hydrogen-bond donors (Lipinski definition) is 0. The number of para-hydroxylation sites is 3. The molecular formula is C39H24N4O3Pt. The van der Waals surface area contributed by atoms with Crippen LogP contribution in [0.2, 0.25) is 0 Å². The topological polar surface area (TPSA) is 69.5 Å². The van der Waals surface area contributed by atoms with Crippen molar-refractivity contribution in [2.45, 2.75) is 0 Å². The van der Waals surface area contributed by atoms with Gasteiger partial charge in [-0.3, -0.25) is 4.68 Å². The predicted molar refractivity (Wildman–Crippen MR) is 180 cm³/mol. The Morgan fingerprint density at radius 1 is 0.702 bits per heavy atom. The number of ether oxygens (including phenoxy) is 1. The van der Waals surface area contributed by atoms with Crippen LogP contribution >= 0.6 is 0 Å². The molecule has 228 valence electrons. The summed E-state index contributed by atoms with van der Waals surface area (Å²) >= 11 is 0. The average Bonchev–Trinajstić information content (AvgIpc) is 3.81. The molecule has 0 aliphatic heterocycles. The zero-order chi connectivity index (χ0) is 30.6. The van der Waals surface area contributed by atoms with Crippen LogP contribution in [-0.4, -0.2) is 14.8 Å². The van der Waals surface area contributed by atoms with E-state index in [4.69, 9.17) is 18.6 Å². The minimum atomic E-state index is 0. The summed E-state index contributed by atoms with van der Waals surface area (Å²) in [4.78, 5) is 6.76. The standard InChI is InChI=1S/C39H24N4O3.Pt/c1-42-20-18-33(41-42)32-24-27(23-31-29-14-6-7-15-34(29)45-38(31)32)44-36-22-26(21-30-28-13-5-8-16-35(28)46-39(30)36)43(25-11-3-2-4-12-25)37-17-9-10-19-40-37;/h2-21,23H,1H3;/q-2;+2. The molecule has 0 radical (unpaired) electrons. The summed E-state index contributed by atoms with van der Waals surface area (Å²) in [7, 11) is 1.89. The SMILES string of the molecule is Cn1ccc(-c2[c-]c(Oc3[c-]c(N(c4ccccc4)c4ccccn4)cc4c3oc3ccccc34)cc3c2oc2ccccc23)n1.[Pt+2]. The maximum absolute atomic E-state index is 6.75. The van der Waals surface area contributed by atoms with Gasteiger partial charge in [-0.25, -0.2) is 10.1 Å². The molecule has 0 aliphatic carbocycles. The van der Waals surface area contributed by atoms with Gasteiger partial charge in [0, 0.05) is 47.3 Å². The molecule has 0 atom stereocenters. The fourth-order valence-electron chi connectivity index (χ4n) is 6.01. The Labute approximate surface area is 283 Å². The second-order valence-corrected chi connectivity index (χ2v) is 11.0. The third-order valence-corrected chi connectivity index (χ3v) is 8.06. The molecule has 4 heterocycles. The molecule has 4 aromatic heterocycles. The monoisotopic (exact) mass is 791 g/mol. The number of benzene rings is 5. The van der Waals surface area contributed by atoms with E-state index in [2.05, 4.69) is 34.3 Å². The van der Waals surface area contributed by atoms with Gasteiger partial charge in [0.15, 0.2) is 0 Å². The van der Waals surface area contributed by atoms with Crippen molar-refractivity contribution in [2.75, 3.05) is 4.90 Å². The summed E-state index contributed by atoms with van der Waals surface area (Å²) in [6.45, 7) is 0. The number of nitrogens with zero attached hydrogens (tertiary/aromatic N) is 4. The molecular weight excluding hydrogens is 768 g/mol. The van der Waals surface area contributed by atoms with E-state index in [1.54, 1.807) is 10.9 Å². The number of anilines is 3. The van der Waals surface area contributed by atoms with E-state index in [0.717, 1.165) is 55.6 Å². The molecule has 9 rings (SSSR count). The van der Waals surface area contributed by atoms with E-state index < -0.39 is 0 Å². The number of aryl methyl sites for hydroxylation is 1. The zero-order valence-electron chi connectivity index (χ0n) is 25.0. The first-order valence-electron chi connectivity index (χ1n) is 14.9. The van der Waals surface area contributed by atoms with Crippen molar-refractivity contribution in [3.8, 4) is 22.8 Å². The van der Waals surface area contributed by atoms with Crippen molar-refractivity contribution in [2.24, 2.45) is 7.05 Å². The molecule has 8 heteroatoms. The minimum Gasteiger partial charge on any atom is -0.512 e. The van der Waals surface area contributed by atoms with Gasteiger partial charge in [-0.15, -0.1) is 12.1 Å². The third-order valence-electron chi connectivity index (χ3n) is 8.06. The van der Waals surface area contributed by atoms with Crippen LogP contribution in [0.25, 0.3) is 55.1 Å². The van der Waals surface area contributed by atoms with Gasteiger partial charge in [-0.2, -0.15) is 0 Å². The molecule has 0 saturated carbocycles. The van der Waals surface area contributed by atoms with Crippen LogP contribution in [-0.2, 0) is 28.1 Å². The van der Waals surface area contributed by atoms with Gasteiger partial charge in [-0.05, 0) is 36.4 Å². The molecule has 0 amide bonds. The van der Waals surface area contributed by atoms with Crippen LogP contribution in [0.15, 0.2) is 136 Å². The number of hydrogen-bond acceptors (Lipinski definition) is 6. The fourth-order valence-corrected chi connectivity index (χ4v) is 6.01. The van der Waals surface area contributed by atoms with Gasteiger partial charge in [-0.1, -0.05) is 101 Å². The van der Waals surface area contributed by atoms with E-state index in [0.29, 0.717) is 28.2 Å². The van der Waals surface area contributed by atoms with Crippen LogP contribution in [0.3, 0.4) is 0 Å². The Balaban J connectivity index is 0.00000324. The second-order valence-electron chi connectivity index (χ2n) is 11.0. The summed E-state index contributed by atoms with van der Waals surface area (Å²) in [5.74, 6) is 1.66. The number of rotatable bonds is 6. The van der Waals surface area contributed by atoms with Gasteiger partial charge >= 0.3 is 21.1 Å². The fraction of sp³-hybridized carbons (Fsp3) is 0.0256. The predicted octanol–water partition coefficient (Wildman–Crippen LogP) is 10.1. The molecule has 0 bridgehead atoms. The van der Waals surface area contributed by atoms with E-state index >= 15 is 0 Å². The molecule has 7 nitrogen and oxygen atoms in total. The third kappa shape index (κ3) is 4.96. The Kier molecular flexibility index (Phi) is 7.11. The number of aromatic nitrogens is 3. The van der Waals surface area contributed by atoms with Gasteiger partial charge in [0.25, 0.3) is 0 Å². The van der Waals surface area contributed by atoms with Crippen LogP contribution in [0.4, 0.5) is 17.2 Å². The van der Waals surface area contributed by atoms with Crippen LogP contribution in [0.5, 0.6) is 11.5 Å². The number of furan rings is 2. The van der Waals surface area contributed by atoms with Crippen molar-refractivity contribution in [3.05, 3.63) is 140 Å². The molecule has 0 saturated heterocycles. The van der Waals surface area contributed by atoms with E-state index in [1.165, 1.54) is 0 Å². The number of pyridine rings is 1. The van der Waals surface area contributed by atoms with Crippen molar-refractivity contribution >= 4 is 61.1 Å². The van der Waals surface area contributed by atoms with Crippen LogP contribution in [0.1, 0.15) is 0 Å². The zero-order valence-corrected chi connectivity index (χ0v) is 27.2. The summed E-state index contributed by atoms with van der Waals surface area (Å²) in [5, 5.41) is 8.42. The molecule has 0 spiro atoms. The largest absolute Gasteiger partial charge is 2.00 e. The molecule has 0 aliphatic rings. The normalized spacial score (nSPS) is 11.3. The van der Waals surface area contributed by atoms with E-state index in [9.17, 15) is 0 Å².